The molecule has 3 aromatic rings. The number of amides is 1. The molecule has 0 aliphatic rings. The highest BCUT2D eigenvalue weighted by Gasteiger charge is 2.18. The van der Waals surface area contributed by atoms with Crippen LogP contribution >= 0.6 is 11.6 Å². The fourth-order valence-corrected chi connectivity index (χ4v) is 3.40. The Morgan fingerprint density at radius 1 is 1.07 bits per heavy atom. The number of ketones is 1. The van der Waals surface area contributed by atoms with Gasteiger partial charge >= 0.3 is 0 Å². The summed E-state index contributed by atoms with van der Waals surface area (Å²) in [5.41, 5.74) is 2.27. The first-order valence-electron chi connectivity index (χ1n) is 9.54. The Kier molecular flexibility index (Phi) is 6.47. The first kappa shape index (κ1) is 20.1. The van der Waals surface area contributed by atoms with Crippen molar-refractivity contribution in [1.29, 1.82) is 0 Å². The zero-order valence-corrected chi connectivity index (χ0v) is 16.9. The number of carbonyl (C=O) groups is 2. The first-order valence-corrected chi connectivity index (χ1v) is 9.91. The molecule has 1 N–H and O–H groups in total. The van der Waals surface area contributed by atoms with Gasteiger partial charge in [-0.1, -0.05) is 37.6 Å². The lowest BCUT2D eigenvalue weighted by atomic mass is 10.0. The van der Waals surface area contributed by atoms with Crippen LogP contribution in [-0.2, 0) is 17.9 Å². The number of para-hydroxylation sites is 2. The van der Waals surface area contributed by atoms with Gasteiger partial charge < -0.3 is 9.88 Å². The summed E-state index contributed by atoms with van der Waals surface area (Å²) < 4.78 is 1.87. The van der Waals surface area contributed by atoms with Crippen LogP contribution in [-0.4, -0.2) is 21.2 Å². The van der Waals surface area contributed by atoms with Gasteiger partial charge in [-0.3, -0.25) is 9.59 Å². The minimum Gasteiger partial charge on any atom is -0.349 e. The number of nitrogens with zero attached hydrogens (tertiary/aromatic N) is 2. The number of imidazole rings is 1. The molecule has 1 heterocycles. The van der Waals surface area contributed by atoms with Gasteiger partial charge in [-0.15, -0.1) is 0 Å². The summed E-state index contributed by atoms with van der Waals surface area (Å²) in [7, 11) is 0. The van der Waals surface area contributed by atoms with Crippen molar-refractivity contribution in [2.45, 2.75) is 39.8 Å². The Labute approximate surface area is 169 Å². The number of benzene rings is 2. The van der Waals surface area contributed by atoms with Crippen LogP contribution in [0.15, 0.2) is 48.5 Å². The third-order valence-corrected chi connectivity index (χ3v) is 5.23. The van der Waals surface area contributed by atoms with E-state index in [1.165, 1.54) is 0 Å². The van der Waals surface area contributed by atoms with E-state index in [4.69, 9.17) is 11.6 Å². The molecule has 1 aromatic heterocycles. The SMILES string of the molecule is CCC(CC)C(=O)NCc1nc2ccccc2n1CC(=O)c1ccc(Cl)cc1. The summed E-state index contributed by atoms with van der Waals surface area (Å²) in [5.74, 6) is 0.649. The van der Waals surface area contributed by atoms with E-state index in [9.17, 15) is 9.59 Å². The maximum atomic E-state index is 12.8. The molecule has 0 spiro atoms. The summed E-state index contributed by atoms with van der Waals surface area (Å²) in [5, 5.41) is 3.56. The van der Waals surface area contributed by atoms with Gasteiger partial charge in [0.05, 0.1) is 24.1 Å². The largest absolute Gasteiger partial charge is 0.349 e. The average Bonchev–Trinajstić information content (AvgIpc) is 3.05. The number of fused-ring (bicyclic) bond motifs is 1. The Morgan fingerprint density at radius 3 is 2.43 bits per heavy atom. The lowest BCUT2D eigenvalue weighted by Gasteiger charge is -2.14. The molecule has 0 aliphatic heterocycles. The van der Waals surface area contributed by atoms with E-state index in [2.05, 4.69) is 10.3 Å². The van der Waals surface area contributed by atoms with Crippen LogP contribution < -0.4 is 5.32 Å². The highest BCUT2D eigenvalue weighted by molar-refractivity contribution is 6.30. The lowest BCUT2D eigenvalue weighted by molar-refractivity contribution is -0.125. The number of aromatic nitrogens is 2. The molecule has 3 rings (SSSR count). The molecule has 5 nitrogen and oxygen atoms in total. The van der Waals surface area contributed by atoms with Crippen molar-refractivity contribution in [2.24, 2.45) is 5.92 Å². The van der Waals surface area contributed by atoms with Gasteiger partial charge in [0.15, 0.2) is 5.78 Å². The van der Waals surface area contributed by atoms with Crippen LogP contribution in [0.5, 0.6) is 0 Å². The van der Waals surface area contributed by atoms with Gasteiger partial charge in [0.25, 0.3) is 0 Å². The molecule has 0 atom stereocenters. The third-order valence-electron chi connectivity index (χ3n) is 4.98. The second-order valence-corrected chi connectivity index (χ2v) is 7.20. The number of nitrogens with one attached hydrogen (secondary N) is 1. The Morgan fingerprint density at radius 2 is 1.75 bits per heavy atom. The molecule has 2 aromatic carbocycles. The minimum absolute atomic E-state index is 0.00599. The number of halogens is 1. The maximum Gasteiger partial charge on any atom is 0.223 e. The fourth-order valence-electron chi connectivity index (χ4n) is 3.28. The van der Waals surface area contributed by atoms with E-state index >= 15 is 0 Å². The average molecular weight is 398 g/mol. The molecule has 0 aliphatic carbocycles. The number of carbonyl (C=O) groups excluding carboxylic acids is 2. The van der Waals surface area contributed by atoms with Crippen LogP contribution in [0, 0.1) is 5.92 Å². The summed E-state index contributed by atoms with van der Waals surface area (Å²) in [6, 6.07) is 14.5. The van der Waals surface area contributed by atoms with Crippen molar-refractivity contribution in [3.8, 4) is 0 Å². The van der Waals surface area contributed by atoms with E-state index < -0.39 is 0 Å². The number of hydrogen-bond donors (Lipinski definition) is 1. The molecular formula is C22H24ClN3O2. The molecule has 6 heteroatoms. The molecule has 0 unspecified atom stereocenters. The van der Waals surface area contributed by atoms with Gasteiger partial charge in [0.2, 0.25) is 5.91 Å². The molecule has 0 bridgehead atoms. The fraction of sp³-hybridized carbons (Fsp3) is 0.318. The van der Waals surface area contributed by atoms with Gasteiger partial charge in [0, 0.05) is 16.5 Å². The first-order chi connectivity index (χ1) is 13.5. The van der Waals surface area contributed by atoms with Crippen molar-refractivity contribution >= 4 is 34.3 Å². The topological polar surface area (TPSA) is 64.0 Å². The van der Waals surface area contributed by atoms with Crippen molar-refractivity contribution in [1.82, 2.24) is 14.9 Å². The number of Topliss-reactive ketones (excluding diaryl/α,β-unsaturated/α-hetero) is 1. The second kappa shape index (κ2) is 9.02. The zero-order valence-electron chi connectivity index (χ0n) is 16.1. The molecular weight excluding hydrogens is 374 g/mol. The second-order valence-electron chi connectivity index (χ2n) is 6.76. The molecule has 146 valence electrons. The van der Waals surface area contributed by atoms with Crippen molar-refractivity contribution in [2.75, 3.05) is 0 Å². The normalized spacial score (nSPS) is 11.1. The van der Waals surface area contributed by atoms with Gasteiger partial charge in [-0.05, 0) is 49.2 Å². The quantitative estimate of drug-likeness (QED) is 0.564. The highest BCUT2D eigenvalue weighted by atomic mass is 35.5. The standard InChI is InChI=1S/C22H24ClN3O2/c1-3-15(4-2)22(28)24-13-21-25-18-7-5-6-8-19(18)26(21)14-20(27)16-9-11-17(23)12-10-16/h5-12,15H,3-4,13-14H2,1-2H3,(H,24,28). The van der Waals surface area contributed by atoms with Crippen molar-refractivity contribution in [3.05, 3.63) is 64.9 Å². The molecule has 28 heavy (non-hydrogen) atoms. The lowest BCUT2D eigenvalue weighted by Crippen LogP contribution is -2.31. The smallest absolute Gasteiger partial charge is 0.223 e. The minimum atomic E-state index is -0.0348. The van der Waals surface area contributed by atoms with Gasteiger partial charge in [-0.2, -0.15) is 0 Å². The Hall–Kier alpha value is -2.66. The molecule has 0 saturated carbocycles. The van der Waals surface area contributed by atoms with Gasteiger partial charge in [-0.25, -0.2) is 4.98 Å². The number of hydrogen-bond acceptors (Lipinski definition) is 3. The van der Waals surface area contributed by atoms with E-state index in [0.717, 1.165) is 23.9 Å². The predicted octanol–water partition coefficient (Wildman–Crippen LogP) is 4.63. The van der Waals surface area contributed by atoms with E-state index in [-0.39, 0.29) is 30.7 Å². The van der Waals surface area contributed by atoms with E-state index in [1.807, 2.05) is 42.7 Å². The van der Waals surface area contributed by atoms with Crippen LogP contribution in [0.3, 0.4) is 0 Å². The van der Waals surface area contributed by atoms with E-state index in [0.29, 0.717) is 16.4 Å². The third kappa shape index (κ3) is 4.42. The van der Waals surface area contributed by atoms with Crippen molar-refractivity contribution in [3.63, 3.8) is 0 Å². The molecule has 0 saturated heterocycles. The molecule has 0 radical (unpaired) electrons. The monoisotopic (exact) mass is 397 g/mol. The van der Waals surface area contributed by atoms with Crippen LogP contribution in [0.1, 0.15) is 42.9 Å². The van der Waals surface area contributed by atoms with E-state index in [1.54, 1.807) is 24.3 Å². The molecule has 1 amide bonds. The van der Waals surface area contributed by atoms with Crippen LogP contribution in [0.4, 0.5) is 0 Å². The summed E-state index contributed by atoms with van der Waals surface area (Å²) >= 11 is 5.92. The summed E-state index contributed by atoms with van der Waals surface area (Å²) in [4.78, 5) is 29.8. The summed E-state index contributed by atoms with van der Waals surface area (Å²) in [6.45, 7) is 4.46. The van der Waals surface area contributed by atoms with Crippen molar-refractivity contribution < 1.29 is 9.59 Å². The maximum absolute atomic E-state index is 12.8. The molecule has 0 fully saturated rings. The van der Waals surface area contributed by atoms with Crippen LogP contribution in [0.25, 0.3) is 11.0 Å². The van der Waals surface area contributed by atoms with Gasteiger partial charge in [0.1, 0.15) is 5.82 Å². The Bertz CT molecular complexity index is 975. The Balaban J connectivity index is 1.85. The number of rotatable bonds is 8. The van der Waals surface area contributed by atoms with Crippen LogP contribution in [0.2, 0.25) is 5.02 Å². The zero-order chi connectivity index (χ0) is 20.1. The summed E-state index contributed by atoms with van der Waals surface area (Å²) in [6.07, 6.45) is 1.60. The predicted molar refractivity (Wildman–Crippen MR) is 111 cm³/mol. The highest BCUT2D eigenvalue weighted by Crippen LogP contribution is 2.18.